The molecule has 1 saturated heterocycles. The lowest BCUT2D eigenvalue weighted by atomic mass is 9.83. The zero-order valence-electron chi connectivity index (χ0n) is 26.3. The van der Waals surface area contributed by atoms with E-state index >= 15 is 0 Å². The molecule has 1 amide bonds. The maximum atomic E-state index is 12.7. The van der Waals surface area contributed by atoms with Crippen LogP contribution in [0.2, 0.25) is 0 Å². The van der Waals surface area contributed by atoms with Crippen molar-refractivity contribution in [2.24, 2.45) is 21.2 Å². The SMILES string of the molecule is CC(=N)/C=C(/C)N.CC(C)(C)C1=CC(c2ccc(C(F)(F)F)cc2)=NN2CC(C=O)N=C12.CN1CCN(C=O)CC1(C)C. The fraction of sp³-hybridized carbons (Fsp3) is 0.516. The summed E-state index contributed by atoms with van der Waals surface area (Å²) in [6, 6.07) is 4.44. The van der Waals surface area contributed by atoms with Crippen molar-refractivity contribution in [3.63, 3.8) is 0 Å². The topological polar surface area (TPSA) is 118 Å². The molecule has 0 spiro atoms. The lowest BCUT2D eigenvalue weighted by Gasteiger charge is -2.43. The third kappa shape index (κ3) is 10.2. The van der Waals surface area contributed by atoms with Crippen LogP contribution in [0.25, 0.3) is 0 Å². The summed E-state index contributed by atoms with van der Waals surface area (Å²) in [5.74, 6) is 0.653. The molecule has 1 aromatic carbocycles. The van der Waals surface area contributed by atoms with Gasteiger partial charge in [-0.1, -0.05) is 32.9 Å². The Labute approximate surface area is 252 Å². The van der Waals surface area contributed by atoms with Crippen LogP contribution in [0, 0.1) is 10.8 Å². The summed E-state index contributed by atoms with van der Waals surface area (Å²) in [5.41, 5.74) is 7.64. The number of benzene rings is 1. The van der Waals surface area contributed by atoms with Crippen molar-refractivity contribution in [2.75, 3.05) is 33.2 Å². The van der Waals surface area contributed by atoms with Crippen LogP contribution in [0.5, 0.6) is 0 Å². The number of aliphatic imine (C=N–C) groups is 1. The van der Waals surface area contributed by atoms with Gasteiger partial charge in [0.15, 0.2) is 0 Å². The molecule has 4 rings (SSSR count). The lowest BCUT2D eigenvalue weighted by molar-refractivity contribution is -0.137. The zero-order valence-corrected chi connectivity index (χ0v) is 26.3. The number of amides is 1. The van der Waals surface area contributed by atoms with E-state index in [2.05, 4.69) is 35.9 Å². The highest BCUT2D eigenvalue weighted by Crippen LogP contribution is 2.34. The molecule has 43 heavy (non-hydrogen) atoms. The Morgan fingerprint density at radius 2 is 1.70 bits per heavy atom. The molecule has 3 aliphatic rings. The highest BCUT2D eigenvalue weighted by Gasteiger charge is 2.36. The molecule has 12 heteroatoms. The number of hydrazone groups is 1. The molecule has 1 fully saturated rings. The van der Waals surface area contributed by atoms with Gasteiger partial charge >= 0.3 is 6.18 Å². The second-order valence-corrected chi connectivity index (χ2v) is 12.5. The Morgan fingerprint density at radius 1 is 1.09 bits per heavy atom. The van der Waals surface area contributed by atoms with E-state index in [4.69, 9.17) is 11.1 Å². The number of hydrogen-bond acceptors (Lipinski definition) is 8. The maximum absolute atomic E-state index is 12.7. The van der Waals surface area contributed by atoms with E-state index in [1.807, 2.05) is 31.7 Å². The second kappa shape index (κ2) is 14.1. The summed E-state index contributed by atoms with van der Waals surface area (Å²) < 4.78 is 38.2. The predicted octanol–water partition coefficient (Wildman–Crippen LogP) is 4.73. The summed E-state index contributed by atoms with van der Waals surface area (Å²) in [6.45, 7) is 16.8. The molecule has 236 valence electrons. The first-order valence-electron chi connectivity index (χ1n) is 14.0. The van der Waals surface area contributed by atoms with Crippen molar-refractivity contribution in [1.29, 1.82) is 5.41 Å². The van der Waals surface area contributed by atoms with E-state index in [-0.39, 0.29) is 11.0 Å². The van der Waals surface area contributed by atoms with Crippen LogP contribution in [0.3, 0.4) is 0 Å². The standard InChI is InChI=1S/C18H18F3N3O.C8H16N2O.C5H10N2/c1-17(2,3)14-8-15(23-24-9-13(10-25)22-16(14)24)11-4-6-12(7-5-11)18(19,20)21;1-8(2)6-10(7-11)5-4-9(8)3;1-4(6)3-5(2)7/h4-8,10,13H,9H2,1-3H3;7H,4-6H2,1-3H3;3,6H,7H2,1-2H3/b;;5-3-,6-4?. The Bertz CT molecular complexity index is 1290. The van der Waals surface area contributed by atoms with Crippen molar-refractivity contribution >= 4 is 30.0 Å². The molecule has 3 aliphatic heterocycles. The predicted molar refractivity (Wildman–Crippen MR) is 165 cm³/mol. The third-order valence-corrected chi connectivity index (χ3v) is 7.06. The summed E-state index contributed by atoms with van der Waals surface area (Å²) in [5, 5.41) is 13.0. The molecule has 3 N–H and O–H groups in total. The van der Waals surface area contributed by atoms with Gasteiger partial charge in [0.1, 0.15) is 18.2 Å². The quantitative estimate of drug-likeness (QED) is 0.381. The van der Waals surface area contributed by atoms with Crippen LogP contribution in [0.1, 0.15) is 59.6 Å². The van der Waals surface area contributed by atoms with Crippen LogP contribution in [0.4, 0.5) is 13.2 Å². The van der Waals surface area contributed by atoms with E-state index in [0.717, 1.165) is 50.0 Å². The van der Waals surface area contributed by atoms with Gasteiger partial charge in [-0.15, -0.1) is 0 Å². The fourth-order valence-electron chi connectivity index (χ4n) is 4.49. The van der Waals surface area contributed by atoms with Gasteiger partial charge in [0.2, 0.25) is 6.41 Å². The van der Waals surface area contributed by atoms with E-state index in [1.165, 1.54) is 12.1 Å². The van der Waals surface area contributed by atoms with E-state index in [1.54, 1.807) is 24.9 Å². The average Bonchev–Trinajstić information content (AvgIpc) is 3.32. The normalized spacial score (nSPS) is 20.3. The van der Waals surface area contributed by atoms with E-state index in [0.29, 0.717) is 35.1 Å². The number of carbonyl (C=O) groups excluding carboxylic acids is 2. The van der Waals surface area contributed by atoms with Gasteiger partial charge in [-0.2, -0.15) is 18.3 Å². The molecule has 3 heterocycles. The minimum Gasteiger partial charge on any atom is -0.402 e. The van der Waals surface area contributed by atoms with E-state index < -0.39 is 17.8 Å². The molecule has 9 nitrogen and oxygen atoms in total. The molecule has 0 aliphatic carbocycles. The molecule has 1 unspecified atom stereocenters. The number of nitrogens with one attached hydrogen (secondary N) is 1. The zero-order chi connectivity index (χ0) is 32.8. The van der Waals surface area contributed by atoms with Crippen molar-refractivity contribution < 1.29 is 22.8 Å². The number of halogens is 3. The molecule has 0 saturated carbocycles. The van der Waals surface area contributed by atoms with Gasteiger partial charge in [0.25, 0.3) is 0 Å². The number of amidine groups is 1. The van der Waals surface area contributed by atoms with Gasteiger partial charge in [0.05, 0.1) is 17.8 Å². The first-order valence-corrected chi connectivity index (χ1v) is 14.0. The number of rotatable bonds is 4. The summed E-state index contributed by atoms with van der Waals surface area (Å²) in [4.78, 5) is 30.1. The van der Waals surface area contributed by atoms with Crippen molar-refractivity contribution in [2.45, 2.75) is 66.2 Å². The minimum atomic E-state index is -4.37. The number of aldehydes is 1. The number of carbonyl (C=O) groups is 2. The Morgan fingerprint density at radius 3 is 2.12 bits per heavy atom. The summed E-state index contributed by atoms with van der Waals surface area (Å²) in [6.07, 6.45) is 0.796. The molecule has 1 atom stereocenters. The molecule has 0 bridgehead atoms. The summed E-state index contributed by atoms with van der Waals surface area (Å²) in [7, 11) is 2.10. The van der Waals surface area contributed by atoms with Crippen LogP contribution in [-0.4, -0.2) is 89.6 Å². The Kier molecular flexibility index (Phi) is 11.6. The van der Waals surface area contributed by atoms with Crippen LogP contribution in [-0.2, 0) is 15.8 Å². The van der Waals surface area contributed by atoms with E-state index in [9.17, 15) is 22.8 Å². The first kappa shape index (κ1) is 35.4. The van der Waals surface area contributed by atoms with Crippen LogP contribution in [0.15, 0.2) is 57.8 Å². The maximum Gasteiger partial charge on any atom is 0.416 e. The molecule has 1 aromatic rings. The fourth-order valence-corrected chi connectivity index (χ4v) is 4.49. The number of nitrogens with two attached hydrogens (primary N) is 1. The van der Waals surface area contributed by atoms with Crippen molar-refractivity contribution in [3.8, 4) is 0 Å². The molecule has 0 radical (unpaired) electrons. The van der Waals surface area contributed by atoms with Crippen molar-refractivity contribution in [3.05, 3.63) is 58.8 Å². The van der Waals surface area contributed by atoms with Crippen LogP contribution < -0.4 is 5.73 Å². The highest BCUT2D eigenvalue weighted by molar-refractivity contribution is 6.17. The van der Waals surface area contributed by atoms with Gasteiger partial charge in [-0.05, 0) is 64.4 Å². The molecular formula is C31H44F3N7O2. The highest BCUT2D eigenvalue weighted by atomic mass is 19.4. The number of alkyl halides is 3. The average molecular weight is 604 g/mol. The minimum absolute atomic E-state index is 0.138. The van der Waals surface area contributed by atoms with Crippen molar-refractivity contribution in [1.82, 2.24) is 14.8 Å². The first-order chi connectivity index (χ1) is 19.8. The Hall–Kier alpha value is -3.80. The smallest absolute Gasteiger partial charge is 0.402 e. The largest absolute Gasteiger partial charge is 0.416 e. The Balaban J connectivity index is 0.000000295. The monoisotopic (exact) mass is 603 g/mol. The second-order valence-electron chi connectivity index (χ2n) is 12.5. The molecular weight excluding hydrogens is 559 g/mol. The van der Waals surface area contributed by atoms with Crippen LogP contribution >= 0.6 is 0 Å². The number of allylic oxidation sites excluding steroid dienone is 3. The number of fused-ring (bicyclic) bond motifs is 1. The van der Waals surface area contributed by atoms with Gasteiger partial charge < -0.3 is 20.8 Å². The number of hydrogen-bond donors (Lipinski definition) is 2. The lowest BCUT2D eigenvalue weighted by Crippen LogP contribution is -2.57. The third-order valence-electron chi connectivity index (χ3n) is 7.06. The van der Waals surface area contributed by atoms with Gasteiger partial charge in [-0.3, -0.25) is 14.7 Å². The number of piperazine rings is 1. The van der Waals surface area contributed by atoms with Gasteiger partial charge in [0, 0.05) is 47.7 Å². The summed E-state index contributed by atoms with van der Waals surface area (Å²) >= 11 is 0. The van der Waals surface area contributed by atoms with Gasteiger partial charge in [-0.25, -0.2) is 5.01 Å². The molecule has 0 aromatic heterocycles. The number of likely N-dealkylation sites (N-methyl/N-ethyl adjacent to an activating group) is 1. The number of nitrogens with zero attached hydrogens (tertiary/aromatic N) is 5.